The molecule has 2 aromatic carbocycles. The number of amides is 1. The summed E-state index contributed by atoms with van der Waals surface area (Å²) >= 11 is 1.29. The van der Waals surface area contributed by atoms with E-state index in [1.807, 2.05) is 11.4 Å². The monoisotopic (exact) mass is 454 g/mol. The fraction of sp³-hybridized carbons (Fsp3) is 0. The number of benzene rings is 2. The Labute approximate surface area is 181 Å². The minimum Gasteiger partial charge on any atom is -0.298 e. The van der Waals surface area contributed by atoms with Crippen LogP contribution in [0.15, 0.2) is 83.3 Å². The van der Waals surface area contributed by atoms with E-state index in [9.17, 15) is 17.6 Å². The minimum atomic E-state index is -3.87. The summed E-state index contributed by atoms with van der Waals surface area (Å²) in [6, 6.07) is 14.1. The molecule has 0 aliphatic carbocycles. The van der Waals surface area contributed by atoms with Gasteiger partial charge in [0.25, 0.3) is 15.9 Å². The van der Waals surface area contributed by atoms with E-state index in [-0.39, 0.29) is 16.5 Å². The molecule has 0 aliphatic rings. The average molecular weight is 455 g/mol. The number of nitrogens with zero attached hydrogens (tertiary/aromatic N) is 2. The molecule has 0 bridgehead atoms. The third-order valence-corrected chi connectivity index (χ3v) is 6.36. The van der Waals surface area contributed by atoms with Crippen molar-refractivity contribution in [2.24, 2.45) is 0 Å². The first kappa shape index (κ1) is 20.6. The van der Waals surface area contributed by atoms with Crippen LogP contribution in [0, 0.1) is 5.82 Å². The fourth-order valence-corrected chi connectivity index (χ4v) is 4.44. The Morgan fingerprint density at radius 3 is 2.42 bits per heavy atom. The third kappa shape index (κ3) is 4.93. The number of carbonyl (C=O) groups excluding carboxylic acids is 1. The number of carbonyl (C=O) groups is 1. The van der Waals surface area contributed by atoms with Crippen LogP contribution in [0.5, 0.6) is 0 Å². The van der Waals surface area contributed by atoms with Gasteiger partial charge in [0, 0.05) is 34.6 Å². The molecule has 7 nitrogen and oxygen atoms in total. The highest BCUT2D eigenvalue weighted by molar-refractivity contribution is 7.92. The highest BCUT2D eigenvalue weighted by atomic mass is 32.2. The van der Waals surface area contributed by atoms with Crippen LogP contribution in [-0.2, 0) is 10.0 Å². The first-order chi connectivity index (χ1) is 14.9. The smallest absolute Gasteiger partial charge is 0.261 e. The molecule has 0 fully saturated rings. The standard InChI is InChI=1S/C21H15FN4O3S2/c22-16-5-9-18(10-6-16)31(28,29)26-17-7-3-14(4-8-17)20(27)25-21-24-19(13-30-21)15-2-1-11-23-12-15/h1-13,26H,(H,24,25,27). The summed E-state index contributed by atoms with van der Waals surface area (Å²) < 4.78 is 40.1. The van der Waals surface area contributed by atoms with Gasteiger partial charge in [-0.15, -0.1) is 11.3 Å². The predicted octanol–water partition coefficient (Wildman–Crippen LogP) is 4.40. The van der Waals surface area contributed by atoms with Crippen molar-refractivity contribution in [1.29, 1.82) is 0 Å². The van der Waals surface area contributed by atoms with Crippen LogP contribution in [0.3, 0.4) is 0 Å². The second-order valence-corrected chi connectivity index (χ2v) is 8.91. The number of aromatic nitrogens is 2. The molecular formula is C21H15FN4O3S2. The van der Waals surface area contributed by atoms with Gasteiger partial charge >= 0.3 is 0 Å². The van der Waals surface area contributed by atoms with Crippen molar-refractivity contribution in [1.82, 2.24) is 9.97 Å². The van der Waals surface area contributed by atoms with Crippen LogP contribution < -0.4 is 10.0 Å². The van der Waals surface area contributed by atoms with Gasteiger partial charge in [0.15, 0.2) is 5.13 Å². The summed E-state index contributed by atoms with van der Waals surface area (Å²) in [4.78, 5) is 20.8. The Hall–Kier alpha value is -3.63. The van der Waals surface area contributed by atoms with E-state index in [1.165, 1.54) is 47.7 Å². The van der Waals surface area contributed by atoms with Crippen LogP contribution in [0.2, 0.25) is 0 Å². The van der Waals surface area contributed by atoms with Gasteiger partial charge in [-0.2, -0.15) is 0 Å². The van der Waals surface area contributed by atoms with Crippen LogP contribution in [0.4, 0.5) is 15.2 Å². The van der Waals surface area contributed by atoms with Gasteiger partial charge in [0.2, 0.25) is 0 Å². The third-order valence-electron chi connectivity index (χ3n) is 4.21. The van der Waals surface area contributed by atoms with Gasteiger partial charge in [-0.25, -0.2) is 17.8 Å². The molecular weight excluding hydrogens is 439 g/mol. The normalized spacial score (nSPS) is 11.1. The second-order valence-electron chi connectivity index (χ2n) is 6.37. The number of anilines is 2. The maximum Gasteiger partial charge on any atom is 0.261 e. The highest BCUT2D eigenvalue weighted by Gasteiger charge is 2.15. The van der Waals surface area contributed by atoms with E-state index in [0.717, 1.165) is 17.7 Å². The number of nitrogens with one attached hydrogen (secondary N) is 2. The number of halogens is 1. The van der Waals surface area contributed by atoms with Crippen LogP contribution >= 0.6 is 11.3 Å². The van der Waals surface area contributed by atoms with E-state index in [0.29, 0.717) is 16.4 Å². The Bertz CT molecular complexity index is 1310. The lowest BCUT2D eigenvalue weighted by molar-refractivity contribution is 0.102. The zero-order valence-electron chi connectivity index (χ0n) is 15.8. The van der Waals surface area contributed by atoms with Crippen molar-refractivity contribution in [3.05, 3.63) is 89.8 Å². The maximum atomic E-state index is 13.0. The first-order valence-corrected chi connectivity index (χ1v) is 11.3. The lowest BCUT2D eigenvalue weighted by Crippen LogP contribution is -2.14. The number of pyridine rings is 1. The summed E-state index contributed by atoms with van der Waals surface area (Å²) in [7, 11) is -3.87. The number of thiazole rings is 1. The Morgan fingerprint density at radius 2 is 1.74 bits per heavy atom. The predicted molar refractivity (Wildman–Crippen MR) is 117 cm³/mol. The van der Waals surface area contributed by atoms with Crippen molar-refractivity contribution in [3.8, 4) is 11.3 Å². The minimum absolute atomic E-state index is 0.0658. The van der Waals surface area contributed by atoms with Gasteiger partial charge in [-0.3, -0.25) is 19.8 Å². The van der Waals surface area contributed by atoms with E-state index in [1.54, 1.807) is 18.5 Å². The molecule has 0 unspecified atom stereocenters. The highest BCUT2D eigenvalue weighted by Crippen LogP contribution is 2.25. The zero-order chi connectivity index (χ0) is 21.8. The molecule has 0 aliphatic heterocycles. The molecule has 0 spiro atoms. The van der Waals surface area contributed by atoms with E-state index in [4.69, 9.17) is 0 Å². The summed E-state index contributed by atoms with van der Waals surface area (Å²) in [6.45, 7) is 0. The summed E-state index contributed by atoms with van der Waals surface area (Å²) in [5.41, 5.74) is 2.16. The SMILES string of the molecule is O=C(Nc1nc(-c2cccnc2)cs1)c1ccc(NS(=O)(=O)c2ccc(F)cc2)cc1. The van der Waals surface area contributed by atoms with E-state index in [2.05, 4.69) is 20.0 Å². The Kier molecular flexibility index (Phi) is 5.74. The van der Waals surface area contributed by atoms with Crippen LogP contribution in [-0.4, -0.2) is 24.3 Å². The van der Waals surface area contributed by atoms with E-state index < -0.39 is 15.8 Å². The molecule has 0 saturated carbocycles. The summed E-state index contributed by atoms with van der Waals surface area (Å²) in [5.74, 6) is -0.901. The number of sulfonamides is 1. The molecule has 156 valence electrons. The molecule has 0 atom stereocenters. The molecule has 2 aromatic heterocycles. The molecule has 2 N–H and O–H groups in total. The lowest BCUT2D eigenvalue weighted by Gasteiger charge is -2.09. The van der Waals surface area contributed by atoms with Crippen molar-refractivity contribution < 1.29 is 17.6 Å². The Morgan fingerprint density at radius 1 is 1.00 bits per heavy atom. The van der Waals surface area contributed by atoms with Crippen LogP contribution in [0.25, 0.3) is 11.3 Å². The van der Waals surface area contributed by atoms with Crippen molar-refractivity contribution in [2.75, 3.05) is 10.0 Å². The zero-order valence-corrected chi connectivity index (χ0v) is 17.5. The maximum absolute atomic E-state index is 13.0. The van der Waals surface area contributed by atoms with Crippen LogP contribution in [0.1, 0.15) is 10.4 Å². The summed E-state index contributed by atoms with van der Waals surface area (Å²) in [6.07, 6.45) is 3.36. The molecule has 31 heavy (non-hydrogen) atoms. The van der Waals surface area contributed by atoms with Gasteiger partial charge in [-0.1, -0.05) is 0 Å². The quantitative estimate of drug-likeness (QED) is 0.450. The fourth-order valence-electron chi connectivity index (χ4n) is 2.66. The topological polar surface area (TPSA) is 101 Å². The van der Waals surface area contributed by atoms with Crippen molar-refractivity contribution >= 4 is 38.1 Å². The molecule has 4 rings (SSSR count). The molecule has 2 heterocycles. The molecule has 10 heteroatoms. The number of hydrogen-bond acceptors (Lipinski definition) is 6. The van der Waals surface area contributed by atoms with Gasteiger partial charge in [-0.05, 0) is 60.7 Å². The Balaban J connectivity index is 1.43. The largest absolute Gasteiger partial charge is 0.298 e. The van der Waals surface area contributed by atoms with E-state index >= 15 is 0 Å². The number of hydrogen-bond donors (Lipinski definition) is 2. The molecule has 0 radical (unpaired) electrons. The van der Waals surface area contributed by atoms with Crippen molar-refractivity contribution in [3.63, 3.8) is 0 Å². The second kappa shape index (κ2) is 8.62. The van der Waals surface area contributed by atoms with Gasteiger partial charge < -0.3 is 0 Å². The molecule has 0 saturated heterocycles. The first-order valence-electron chi connectivity index (χ1n) is 8.96. The van der Waals surface area contributed by atoms with Gasteiger partial charge in [0.05, 0.1) is 10.6 Å². The van der Waals surface area contributed by atoms with Gasteiger partial charge in [0.1, 0.15) is 5.82 Å². The molecule has 1 amide bonds. The summed E-state index contributed by atoms with van der Waals surface area (Å²) in [5, 5.41) is 4.98. The lowest BCUT2D eigenvalue weighted by atomic mass is 10.2. The molecule has 4 aromatic rings. The average Bonchev–Trinajstić information content (AvgIpc) is 3.23. The van der Waals surface area contributed by atoms with Crippen molar-refractivity contribution in [2.45, 2.75) is 4.90 Å². The number of rotatable bonds is 6.